The van der Waals surface area contributed by atoms with E-state index >= 15 is 0 Å². The van der Waals surface area contributed by atoms with Crippen molar-refractivity contribution in [3.8, 4) is 5.75 Å². The number of rotatable bonds is 5. The fourth-order valence-corrected chi connectivity index (χ4v) is 3.72. The van der Waals surface area contributed by atoms with Crippen LogP contribution in [0.2, 0.25) is 0 Å². The molecule has 5 heteroatoms. The Morgan fingerprint density at radius 2 is 1.76 bits per heavy atom. The summed E-state index contributed by atoms with van der Waals surface area (Å²) in [6, 6.07) is 12.3. The van der Waals surface area contributed by atoms with Gasteiger partial charge in [0.05, 0.1) is 6.61 Å². The number of benzene rings is 1. The van der Waals surface area contributed by atoms with Crippen molar-refractivity contribution < 1.29 is 4.74 Å². The van der Waals surface area contributed by atoms with Crippen molar-refractivity contribution in [2.24, 2.45) is 5.92 Å². The molecule has 2 aliphatic rings. The van der Waals surface area contributed by atoms with Crippen LogP contribution in [0.15, 0.2) is 41.2 Å². The summed E-state index contributed by atoms with van der Waals surface area (Å²) >= 11 is 0. The zero-order valence-electron chi connectivity index (χ0n) is 14.5. The van der Waals surface area contributed by atoms with Gasteiger partial charge in [0.15, 0.2) is 5.75 Å². The van der Waals surface area contributed by atoms with Crippen LogP contribution in [0, 0.1) is 5.92 Å². The van der Waals surface area contributed by atoms with Crippen molar-refractivity contribution in [1.29, 1.82) is 0 Å². The number of hydrogen-bond donors (Lipinski definition) is 2. The number of nitrogens with zero attached hydrogens (tertiary/aromatic N) is 1. The third-order valence-corrected chi connectivity index (χ3v) is 5.17. The van der Waals surface area contributed by atoms with E-state index in [1.54, 1.807) is 0 Å². The van der Waals surface area contributed by atoms with Crippen molar-refractivity contribution in [1.82, 2.24) is 15.2 Å². The van der Waals surface area contributed by atoms with Gasteiger partial charge < -0.3 is 15.0 Å². The molecule has 1 fully saturated rings. The van der Waals surface area contributed by atoms with E-state index in [2.05, 4.69) is 39.5 Å². The molecule has 3 heterocycles. The second-order valence-electron chi connectivity index (χ2n) is 7.10. The number of nitrogens with one attached hydrogen (secondary N) is 2. The molecule has 1 saturated heterocycles. The first-order valence-corrected chi connectivity index (χ1v) is 9.13. The molecule has 25 heavy (non-hydrogen) atoms. The average molecular weight is 339 g/mol. The molecule has 1 aromatic carbocycles. The van der Waals surface area contributed by atoms with Crippen molar-refractivity contribution in [3.63, 3.8) is 0 Å². The first-order chi connectivity index (χ1) is 12.3. The first kappa shape index (κ1) is 16.4. The molecule has 0 aliphatic carbocycles. The molecule has 2 aromatic rings. The average Bonchev–Trinajstić information content (AvgIpc) is 3.04. The van der Waals surface area contributed by atoms with Gasteiger partial charge in [-0.3, -0.25) is 9.69 Å². The number of aromatic nitrogens is 1. The maximum Gasteiger partial charge on any atom is 0.290 e. The van der Waals surface area contributed by atoms with Gasteiger partial charge in [-0.1, -0.05) is 24.3 Å². The number of hydrogen-bond acceptors (Lipinski definition) is 4. The first-order valence-electron chi connectivity index (χ1n) is 9.13. The van der Waals surface area contributed by atoms with Crippen molar-refractivity contribution >= 4 is 0 Å². The minimum atomic E-state index is -0.122. The van der Waals surface area contributed by atoms with Gasteiger partial charge in [-0.2, -0.15) is 0 Å². The fourth-order valence-electron chi connectivity index (χ4n) is 3.72. The molecule has 1 aromatic heterocycles. The summed E-state index contributed by atoms with van der Waals surface area (Å²) in [5, 5.41) is 3.34. The number of aromatic amines is 1. The summed E-state index contributed by atoms with van der Waals surface area (Å²) < 4.78 is 5.77. The number of ether oxygens (including phenoxy) is 1. The third-order valence-electron chi connectivity index (χ3n) is 5.17. The lowest BCUT2D eigenvalue weighted by molar-refractivity contribution is 0.212. The molecule has 2 N–H and O–H groups in total. The highest BCUT2D eigenvalue weighted by molar-refractivity contribution is 5.30. The van der Waals surface area contributed by atoms with E-state index < -0.39 is 0 Å². The summed E-state index contributed by atoms with van der Waals surface area (Å²) in [5.74, 6) is 0.982. The molecule has 0 amide bonds. The molecule has 132 valence electrons. The normalized spacial score (nSPS) is 18.2. The van der Waals surface area contributed by atoms with E-state index in [0.29, 0.717) is 18.3 Å². The van der Waals surface area contributed by atoms with Gasteiger partial charge in [0, 0.05) is 25.3 Å². The van der Waals surface area contributed by atoms with Crippen molar-refractivity contribution in [2.45, 2.75) is 32.5 Å². The van der Waals surface area contributed by atoms with E-state index in [9.17, 15) is 4.79 Å². The van der Waals surface area contributed by atoms with Crippen LogP contribution >= 0.6 is 0 Å². The van der Waals surface area contributed by atoms with Crippen LogP contribution in [0.3, 0.4) is 0 Å². The molecule has 5 nitrogen and oxygen atoms in total. The van der Waals surface area contributed by atoms with E-state index in [1.807, 2.05) is 12.1 Å². The molecule has 0 atom stereocenters. The molecule has 0 spiro atoms. The summed E-state index contributed by atoms with van der Waals surface area (Å²) in [6.45, 7) is 5.34. The molecule has 0 saturated carbocycles. The van der Waals surface area contributed by atoms with Crippen LogP contribution in [0.1, 0.15) is 29.7 Å². The smallest absolute Gasteiger partial charge is 0.290 e. The molecule has 4 rings (SSSR count). The largest absolute Gasteiger partial charge is 0.488 e. The van der Waals surface area contributed by atoms with Gasteiger partial charge in [0.1, 0.15) is 0 Å². The molecular formula is C20H25N3O2. The SMILES string of the molecule is O=c1[nH]c(CN2Cc3ccccc3C2)ccc1OCC1CCNCC1. The van der Waals surface area contributed by atoms with Gasteiger partial charge >= 0.3 is 0 Å². The Labute approximate surface area is 148 Å². The van der Waals surface area contributed by atoms with E-state index in [-0.39, 0.29) is 5.56 Å². The summed E-state index contributed by atoms with van der Waals surface area (Å²) in [7, 11) is 0. The lowest BCUT2D eigenvalue weighted by Crippen LogP contribution is -2.31. The van der Waals surface area contributed by atoms with E-state index in [1.165, 1.54) is 11.1 Å². The Hall–Kier alpha value is -2.11. The lowest BCUT2D eigenvalue weighted by atomic mass is 9.99. The Bertz CT molecular complexity index is 756. The standard InChI is InChI=1S/C20H25N3O2/c24-20-19(25-14-15-7-9-21-10-8-15)6-5-18(22-20)13-23-11-16-3-1-2-4-17(16)12-23/h1-6,15,21H,7-14H2,(H,22,24). The molecule has 0 radical (unpaired) electrons. The number of piperidine rings is 1. The predicted molar refractivity (Wildman–Crippen MR) is 97.5 cm³/mol. The highest BCUT2D eigenvalue weighted by atomic mass is 16.5. The Morgan fingerprint density at radius 1 is 1.04 bits per heavy atom. The van der Waals surface area contributed by atoms with Crippen molar-refractivity contribution in [3.05, 3.63) is 63.6 Å². The van der Waals surface area contributed by atoms with Crippen LogP contribution in [0.25, 0.3) is 0 Å². The highest BCUT2D eigenvalue weighted by Crippen LogP contribution is 2.23. The second-order valence-corrected chi connectivity index (χ2v) is 7.10. The van der Waals surface area contributed by atoms with E-state index in [4.69, 9.17) is 4.74 Å². The number of H-pyrrole nitrogens is 1. The van der Waals surface area contributed by atoms with Crippen LogP contribution in [-0.4, -0.2) is 29.6 Å². The highest BCUT2D eigenvalue weighted by Gasteiger charge is 2.19. The zero-order valence-corrected chi connectivity index (χ0v) is 14.5. The molecule has 2 aliphatic heterocycles. The van der Waals surface area contributed by atoms with Crippen LogP contribution in [0.4, 0.5) is 0 Å². The van der Waals surface area contributed by atoms with Crippen molar-refractivity contribution in [2.75, 3.05) is 19.7 Å². The van der Waals surface area contributed by atoms with Gasteiger partial charge in [-0.05, 0) is 55.1 Å². The molecule has 0 bridgehead atoms. The Balaban J connectivity index is 1.35. The zero-order chi connectivity index (χ0) is 17.1. The summed E-state index contributed by atoms with van der Waals surface area (Å²) in [5.41, 5.74) is 3.58. The maximum absolute atomic E-state index is 12.3. The van der Waals surface area contributed by atoms with E-state index in [0.717, 1.165) is 51.3 Å². The summed E-state index contributed by atoms with van der Waals surface area (Å²) in [4.78, 5) is 17.6. The fraction of sp³-hybridized carbons (Fsp3) is 0.450. The van der Waals surface area contributed by atoms with Gasteiger partial charge in [-0.25, -0.2) is 0 Å². The monoisotopic (exact) mass is 339 g/mol. The van der Waals surface area contributed by atoms with Gasteiger partial charge in [0.25, 0.3) is 5.56 Å². The Morgan fingerprint density at radius 3 is 2.44 bits per heavy atom. The van der Waals surface area contributed by atoms with Gasteiger partial charge in [-0.15, -0.1) is 0 Å². The van der Waals surface area contributed by atoms with Crippen LogP contribution in [-0.2, 0) is 19.6 Å². The quantitative estimate of drug-likeness (QED) is 0.877. The van der Waals surface area contributed by atoms with Crippen LogP contribution < -0.4 is 15.6 Å². The number of fused-ring (bicyclic) bond motifs is 1. The third kappa shape index (κ3) is 3.94. The number of pyridine rings is 1. The molecular weight excluding hydrogens is 314 g/mol. The predicted octanol–water partition coefficient (Wildman–Crippen LogP) is 2.27. The molecule has 0 unspecified atom stereocenters. The second kappa shape index (κ2) is 7.42. The minimum Gasteiger partial charge on any atom is -0.488 e. The lowest BCUT2D eigenvalue weighted by Gasteiger charge is -2.22. The summed E-state index contributed by atoms with van der Waals surface area (Å²) in [6.07, 6.45) is 2.23. The van der Waals surface area contributed by atoms with Crippen LogP contribution in [0.5, 0.6) is 5.75 Å². The topological polar surface area (TPSA) is 57.4 Å². The van der Waals surface area contributed by atoms with Gasteiger partial charge in [0.2, 0.25) is 0 Å². The minimum absolute atomic E-state index is 0.122. The maximum atomic E-state index is 12.3. The Kier molecular flexibility index (Phi) is 4.85.